The summed E-state index contributed by atoms with van der Waals surface area (Å²) >= 11 is 0. The summed E-state index contributed by atoms with van der Waals surface area (Å²) < 4.78 is 10.5. The zero-order valence-electron chi connectivity index (χ0n) is 26.0. The van der Waals surface area contributed by atoms with E-state index in [1.165, 1.54) is 12.0 Å². The molecular weight excluding hydrogens is 566 g/mol. The van der Waals surface area contributed by atoms with E-state index in [4.69, 9.17) is 9.47 Å². The Balaban J connectivity index is 1.57. The van der Waals surface area contributed by atoms with Crippen molar-refractivity contribution in [2.75, 3.05) is 64.1 Å². The van der Waals surface area contributed by atoms with Crippen LogP contribution in [0.15, 0.2) is 42.5 Å². The number of carbonyl (C=O) groups excluding carboxylic acids is 5. The van der Waals surface area contributed by atoms with Gasteiger partial charge in [0.2, 0.25) is 17.7 Å². The molecule has 0 saturated carbocycles. The second-order valence-corrected chi connectivity index (χ2v) is 10.6. The number of rotatable bonds is 15. The van der Waals surface area contributed by atoms with Crippen molar-refractivity contribution in [3.05, 3.63) is 53.6 Å². The molecule has 12 heteroatoms. The summed E-state index contributed by atoms with van der Waals surface area (Å²) in [5.41, 5.74) is 2.69. The summed E-state index contributed by atoms with van der Waals surface area (Å²) in [5, 5.41) is 5.57. The van der Waals surface area contributed by atoms with Crippen molar-refractivity contribution in [3.8, 4) is 5.75 Å². The predicted molar refractivity (Wildman–Crippen MR) is 166 cm³/mol. The monoisotopic (exact) mass is 609 g/mol. The van der Waals surface area contributed by atoms with E-state index < -0.39 is 12.0 Å². The third-order valence-electron chi connectivity index (χ3n) is 7.33. The first-order chi connectivity index (χ1) is 21.1. The van der Waals surface area contributed by atoms with Gasteiger partial charge in [0.1, 0.15) is 5.75 Å². The molecule has 1 aliphatic rings. The summed E-state index contributed by atoms with van der Waals surface area (Å²) in [5.74, 6) is -0.480. The normalized spacial score (nSPS) is 12.5. The fourth-order valence-corrected chi connectivity index (χ4v) is 4.85. The van der Waals surface area contributed by atoms with E-state index in [1.54, 1.807) is 48.0 Å². The van der Waals surface area contributed by atoms with Crippen LogP contribution in [0.3, 0.4) is 0 Å². The maximum atomic E-state index is 13.2. The fourth-order valence-electron chi connectivity index (χ4n) is 4.85. The SMILES string of the molecule is CCOC(=O)CCN(CCCN1CCCC1=O)C(=O)CN(C)C(=O)Cc1ccc(NC(=O)Nc2ccccc2C)c(OC)c1. The van der Waals surface area contributed by atoms with Crippen LogP contribution in [0.1, 0.15) is 43.7 Å². The number of esters is 1. The van der Waals surface area contributed by atoms with Gasteiger partial charge < -0.3 is 34.8 Å². The van der Waals surface area contributed by atoms with Gasteiger partial charge in [0, 0.05) is 45.3 Å². The van der Waals surface area contributed by atoms with Gasteiger partial charge >= 0.3 is 12.0 Å². The van der Waals surface area contributed by atoms with Gasteiger partial charge in [-0.2, -0.15) is 0 Å². The van der Waals surface area contributed by atoms with E-state index in [-0.39, 0.29) is 50.3 Å². The van der Waals surface area contributed by atoms with Crippen LogP contribution in [0.25, 0.3) is 0 Å². The molecule has 0 spiro atoms. The van der Waals surface area contributed by atoms with Crippen molar-refractivity contribution in [1.29, 1.82) is 0 Å². The van der Waals surface area contributed by atoms with Gasteiger partial charge in [0.15, 0.2) is 0 Å². The summed E-state index contributed by atoms with van der Waals surface area (Å²) in [6.45, 7) is 5.48. The molecule has 238 valence electrons. The molecule has 0 radical (unpaired) electrons. The Hall–Kier alpha value is -4.61. The van der Waals surface area contributed by atoms with Crippen LogP contribution in [0.4, 0.5) is 16.2 Å². The van der Waals surface area contributed by atoms with E-state index in [0.717, 1.165) is 18.5 Å². The van der Waals surface area contributed by atoms with Gasteiger partial charge in [-0.1, -0.05) is 24.3 Å². The number of anilines is 2. The number of likely N-dealkylation sites (tertiary alicyclic amines) is 1. The molecular formula is C32H43N5O7. The minimum atomic E-state index is -0.431. The van der Waals surface area contributed by atoms with Crippen molar-refractivity contribution in [1.82, 2.24) is 14.7 Å². The number of para-hydroxylation sites is 1. The van der Waals surface area contributed by atoms with E-state index >= 15 is 0 Å². The van der Waals surface area contributed by atoms with Gasteiger partial charge in [-0.15, -0.1) is 0 Å². The number of methoxy groups -OCH3 is 1. The minimum absolute atomic E-state index is 0.00965. The smallest absolute Gasteiger partial charge is 0.323 e. The quantitative estimate of drug-likeness (QED) is 0.295. The lowest BCUT2D eigenvalue weighted by Crippen LogP contribution is -2.43. The molecule has 1 heterocycles. The first kappa shape index (κ1) is 33.9. The van der Waals surface area contributed by atoms with Gasteiger partial charge in [-0.3, -0.25) is 19.2 Å². The summed E-state index contributed by atoms with van der Waals surface area (Å²) in [6.07, 6.45) is 2.01. The number of urea groups is 1. The number of nitrogens with one attached hydrogen (secondary N) is 2. The van der Waals surface area contributed by atoms with E-state index in [2.05, 4.69) is 10.6 Å². The largest absolute Gasteiger partial charge is 0.495 e. The molecule has 1 saturated heterocycles. The highest BCUT2D eigenvalue weighted by Gasteiger charge is 2.23. The molecule has 1 aliphatic heterocycles. The number of benzene rings is 2. The number of ether oxygens (including phenoxy) is 2. The molecule has 2 aromatic rings. The van der Waals surface area contributed by atoms with E-state index in [1.807, 2.05) is 25.1 Å². The highest BCUT2D eigenvalue weighted by atomic mass is 16.5. The van der Waals surface area contributed by atoms with Crippen molar-refractivity contribution in [3.63, 3.8) is 0 Å². The van der Waals surface area contributed by atoms with E-state index in [9.17, 15) is 24.0 Å². The van der Waals surface area contributed by atoms with Crippen LogP contribution in [0.2, 0.25) is 0 Å². The third kappa shape index (κ3) is 10.3. The highest BCUT2D eigenvalue weighted by Crippen LogP contribution is 2.26. The molecule has 0 aromatic heterocycles. The van der Waals surface area contributed by atoms with E-state index in [0.29, 0.717) is 48.6 Å². The Morgan fingerprint density at radius 1 is 1.00 bits per heavy atom. The number of hydrogen-bond acceptors (Lipinski definition) is 7. The number of hydrogen-bond donors (Lipinski definition) is 2. The highest BCUT2D eigenvalue weighted by molar-refractivity contribution is 6.01. The molecule has 5 amide bonds. The molecule has 0 aliphatic carbocycles. The second-order valence-electron chi connectivity index (χ2n) is 10.6. The minimum Gasteiger partial charge on any atom is -0.495 e. The number of amides is 5. The van der Waals surface area contributed by atoms with Crippen LogP contribution < -0.4 is 15.4 Å². The molecule has 2 aromatic carbocycles. The van der Waals surface area contributed by atoms with Crippen molar-refractivity contribution in [2.24, 2.45) is 0 Å². The summed E-state index contributed by atoms with van der Waals surface area (Å²) in [7, 11) is 3.02. The van der Waals surface area contributed by atoms with Crippen molar-refractivity contribution in [2.45, 2.75) is 46.0 Å². The Labute approximate surface area is 258 Å². The zero-order chi connectivity index (χ0) is 32.1. The van der Waals surface area contributed by atoms with Gasteiger partial charge in [0.05, 0.1) is 38.8 Å². The first-order valence-corrected chi connectivity index (χ1v) is 14.9. The fraction of sp³-hybridized carbons (Fsp3) is 0.469. The number of aryl methyl sites for hydroxylation is 1. The maximum absolute atomic E-state index is 13.2. The third-order valence-corrected chi connectivity index (χ3v) is 7.33. The van der Waals surface area contributed by atoms with Crippen LogP contribution in [-0.2, 0) is 30.3 Å². The lowest BCUT2D eigenvalue weighted by Gasteiger charge is -2.26. The van der Waals surface area contributed by atoms with Crippen LogP contribution in [-0.4, -0.2) is 97.9 Å². The molecule has 0 atom stereocenters. The summed E-state index contributed by atoms with van der Waals surface area (Å²) in [6, 6.07) is 12.0. The zero-order valence-corrected chi connectivity index (χ0v) is 26.0. The first-order valence-electron chi connectivity index (χ1n) is 14.9. The molecule has 3 rings (SSSR count). The molecule has 0 unspecified atom stereocenters. The van der Waals surface area contributed by atoms with Crippen molar-refractivity contribution >= 4 is 41.1 Å². The Morgan fingerprint density at radius 2 is 1.75 bits per heavy atom. The summed E-state index contributed by atoms with van der Waals surface area (Å²) in [4.78, 5) is 67.4. The van der Waals surface area contributed by atoms with Crippen molar-refractivity contribution < 1.29 is 33.4 Å². The van der Waals surface area contributed by atoms with Gasteiger partial charge in [-0.05, 0) is 56.0 Å². The Morgan fingerprint density at radius 3 is 2.43 bits per heavy atom. The van der Waals surface area contributed by atoms with Crippen LogP contribution >= 0.6 is 0 Å². The average molecular weight is 610 g/mol. The number of nitrogens with zero attached hydrogens (tertiary/aromatic N) is 3. The Kier molecular flexibility index (Phi) is 13.0. The molecule has 12 nitrogen and oxygen atoms in total. The van der Waals surface area contributed by atoms with Crippen LogP contribution in [0, 0.1) is 6.92 Å². The maximum Gasteiger partial charge on any atom is 0.323 e. The lowest BCUT2D eigenvalue weighted by atomic mass is 10.1. The Bertz CT molecular complexity index is 1330. The van der Waals surface area contributed by atoms with Crippen LogP contribution in [0.5, 0.6) is 5.75 Å². The second kappa shape index (κ2) is 16.9. The van der Waals surface area contributed by atoms with Gasteiger partial charge in [-0.25, -0.2) is 4.79 Å². The topological polar surface area (TPSA) is 138 Å². The average Bonchev–Trinajstić information content (AvgIpc) is 3.40. The molecule has 44 heavy (non-hydrogen) atoms. The standard InChI is InChI=1S/C32H43N5O7/c1-5-44-31(41)15-19-37(18-9-17-36-16-8-12-28(36)38)30(40)22-35(3)29(39)21-24-13-14-26(27(20-24)43-4)34-32(42)33-25-11-7-6-10-23(25)2/h6-7,10-11,13-14,20H,5,8-9,12,15-19,21-22H2,1-4H3,(H2,33,34,42). The molecule has 1 fully saturated rings. The lowest BCUT2D eigenvalue weighted by molar-refractivity contribution is -0.145. The predicted octanol–water partition coefficient (Wildman–Crippen LogP) is 3.44. The molecule has 2 N–H and O–H groups in total. The number of carbonyl (C=O) groups is 5. The number of likely N-dealkylation sites (N-methyl/N-ethyl adjacent to an activating group) is 1. The molecule has 0 bridgehead atoms. The van der Waals surface area contributed by atoms with Gasteiger partial charge in [0.25, 0.3) is 0 Å².